The van der Waals surface area contributed by atoms with E-state index in [4.69, 9.17) is 12.2 Å². The number of amides is 1. The van der Waals surface area contributed by atoms with E-state index < -0.39 is 0 Å². The van der Waals surface area contributed by atoms with E-state index in [1.165, 1.54) is 16.2 Å². The zero-order chi connectivity index (χ0) is 24.4. The molecule has 1 atom stereocenters. The number of fused-ring (bicyclic) bond motifs is 1. The van der Waals surface area contributed by atoms with Crippen molar-refractivity contribution in [3.05, 3.63) is 80.1 Å². The molecule has 0 aliphatic carbocycles. The van der Waals surface area contributed by atoms with Crippen LogP contribution in [0, 0.1) is 13.8 Å². The molecule has 1 aromatic carbocycles. The second-order valence-corrected chi connectivity index (χ2v) is 9.93. The predicted molar refractivity (Wildman–Crippen MR) is 141 cm³/mol. The Balaban J connectivity index is 1.76. The van der Waals surface area contributed by atoms with E-state index in [1.54, 1.807) is 23.2 Å². The van der Waals surface area contributed by atoms with Crippen LogP contribution in [0.4, 0.5) is 5.82 Å². The first-order valence-electron chi connectivity index (χ1n) is 11.0. The van der Waals surface area contributed by atoms with E-state index in [-0.39, 0.29) is 29.7 Å². The van der Waals surface area contributed by atoms with E-state index in [9.17, 15) is 14.7 Å². The van der Waals surface area contributed by atoms with Crippen molar-refractivity contribution in [1.29, 1.82) is 0 Å². The minimum atomic E-state index is -0.298. The van der Waals surface area contributed by atoms with Crippen LogP contribution in [0.5, 0.6) is 0 Å². The predicted octanol–water partition coefficient (Wildman–Crippen LogP) is 3.90. The van der Waals surface area contributed by atoms with Crippen molar-refractivity contribution in [2.24, 2.45) is 0 Å². The van der Waals surface area contributed by atoms with Gasteiger partial charge < -0.3 is 10.4 Å². The summed E-state index contributed by atoms with van der Waals surface area (Å²) < 4.78 is 1.91. The number of nitrogens with one attached hydrogen (secondary N) is 1. The Bertz CT molecular complexity index is 1340. The summed E-state index contributed by atoms with van der Waals surface area (Å²) in [4.78, 5) is 33.3. The first-order chi connectivity index (χ1) is 16.3. The Morgan fingerprint density at radius 2 is 1.94 bits per heavy atom. The maximum Gasteiger partial charge on any atom is 0.267 e. The van der Waals surface area contributed by atoms with Crippen molar-refractivity contribution in [3.8, 4) is 0 Å². The molecule has 0 bridgehead atoms. The van der Waals surface area contributed by atoms with Crippen LogP contribution >= 0.6 is 24.0 Å². The fourth-order valence-corrected chi connectivity index (χ4v) is 4.90. The minimum absolute atomic E-state index is 0.108. The molecule has 0 spiro atoms. The highest BCUT2D eigenvalue weighted by atomic mass is 32.2. The van der Waals surface area contributed by atoms with Gasteiger partial charge in [-0.2, -0.15) is 0 Å². The summed E-state index contributed by atoms with van der Waals surface area (Å²) in [6, 6.07) is 11.3. The van der Waals surface area contributed by atoms with Crippen LogP contribution in [-0.4, -0.2) is 42.3 Å². The van der Waals surface area contributed by atoms with Crippen LogP contribution < -0.4 is 10.9 Å². The number of benzene rings is 1. The van der Waals surface area contributed by atoms with Crippen molar-refractivity contribution < 1.29 is 9.90 Å². The number of thioether (sulfide) groups is 1. The molecule has 9 heteroatoms. The number of nitrogens with zero attached hydrogens (tertiary/aromatic N) is 3. The minimum Gasteiger partial charge on any atom is -0.394 e. The van der Waals surface area contributed by atoms with E-state index in [1.807, 2.05) is 51.1 Å². The fourth-order valence-electron chi connectivity index (χ4n) is 3.67. The number of hydrogen-bond donors (Lipinski definition) is 2. The first kappa shape index (κ1) is 24.1. The van der Waals surface area contributed by atoms with Crippen LogP contribution in [0.25, 0.3) is 11.7 Å². The average molecular weight is 495 g/mol. The largest absolute Gasteiger partial charge is 0.394 e. The number of rotatable bonds is 7. The van der Waals surface area contributed by atoms with Crippen LogP contribution in [0.15, 0.2) is 52.3 Å². The van der Waals surface area contributed by atoms with Gasteiger partial charge in [-0.25, -0.2) is 4.98 Å². The number of pyridine rings is 1. The lowest BCUT2D eigenvalue weighted by Gasteiger charge is -2.18. The molecule has 4 rings (SSSR count). The molecule has 7 nitrogen and oxygen atoms in total. The summed E-state index contributed by atoms with van der Waals surface area (Å²) in [6.45, 7) is 6.08. The normalized spacial score (nSPS) is 16.0. The molecule has 0 radical (unpaired) electrons. The number of aliphatic hydroxyl groups excluding tert-OH is 1. The number of thiocarbonyl (C=S) groups is 1. The maximum absolute atomic E-state index is 13.4. The summed E-state index contributed by atoms with van der Waals surface area (Å²) >= 11 is 6.65. The van der Waals surface area contributed by atoms with Gasteiger partial charge in [0.15, 0.2) is 0 Å². The van der Waals surface area contributed by atoms with Gasteiger partial charge in [0.2, 0.25) is 0 Å². The Morgan fingerprint density at radius 1 is 1.21 bits per heavy atom. The Morgan fingerprint density at radius 3 is 2.62 bits per heavy atom. The third-order valence-electron chi connectivity index (χ3n) is 5.75. The van der Waals surface area contributed by atoms with E-state index in [0.29, 0.717) is 33.7 Å². The number of carbonyl (C=O) groups is 1. The molecule has 34 heavy (non-hydrogen) atoms. The fraction of sp³-hybridized carbons (Fsp3) is 0.280. The molecule has 1 aliphatic heterocycles. The topological polar surface area (TPSA) is 86.9 Å². The van der Waals surface area contributed by atoms with Gasteiger partial charge in [0.1, 0.15) is 15.8 Å². The summed E-state index contributed by atoms with van der Waals surface area (Å²) in [5.74, 6) is 0.0912. The Labute approximate surface area is 207 Å². The molecule has 0 unspecified atom stereocenters. The SMILES string of the molecule is CC[C@@H](CO)Nc1nc2c(C)cccn2c(=O)c1/C=C1/SC(=S)N(Cc2ccc(C)cc2)C1=O. The van der Waals surface area contributed by atoms with Gasteiger partial charge in [-0.1, -0.05) is 66.8 Å². The third kappa shape index (κ3) is 4.77. The molecule has 1 amide bonds. The van der Waals surface area contributed by atoms with E-state index in [0.717, 1.165) is 16.7 Å². The van der Waals surface area contributed by atoms with Crippen LogP contribution in [-0.2, 0) is 11.3 Å². The summed E-state index contributed by atoms with van der Waals surface area (Å²) in [6.07, 6.45) is 3.86. The quantitative estimate of drug-likeness (QED) is 0.381. The van der Waals surface area contributed by atoms with Crippen molar-refractivity contribution in [2.75, 3.05) is 11.9 Å². The zero-order valence-corrected chi connectivity index (χ0v) is 20.9. The lowest BCUT2D eigenvalue weighted by Crippen LogP contribution is -2.28. The standard InChI is InChI=1S/C25H26N4O3S2/c1-4-18(14-30)26-21-19(23(31)28-11-5-6-16(3)22(28)27-21)12-20-24(32)29(25(33)34-20)13-17-9-7-15(2)8-10-17/h5-12,18,26,30H,4,13-14H2,1-3H3/b20-12+/t18-/m0/s1. The van der Waals surface area contributed by atoms with Crippen molar-refractivity contribution in [3.63, 3.8) is 0 Å². The maximum atomic E-state index is 13.4. The highest BCUT2D eigenvalue weighted by Crippen LogP contribution is 2.34. The van der Waals surface area contributed by atoms with Crippen molar-refractivity contribution in [1.82, 2.24) is 14.3 Å². The number of hydrogen-bond acceptors (Lipinski definition) is 7. The Kier molecular flexibility index (Phi) is 7.16. The molecule has 2 aromatic heterocycles. The number of aryl methyl sites for hydroxylation is 2. The smallest absolute Gasteiger partial charge is 0.267 e. The summed E-state index contributed by atoms with van der Waals surface area (Å²) in [5.41, 5.74) is 3.44. The van der Waals surface area contributed by atoms with Crippen LogP contribution in [0.1, 0.15) is 35.6 Å². The van der Waals surface area contributed by atoms with E-state index in [2.05, 4.69) is 10.3 Å². The van der Waals surface area contributed by atoms with Gasteiger partial charge in [0.25, 0.3) is 11.5 Å². The number of aliphatic hydroxyl groups is 1. The van der Waals surface area contributed by atoms with Gasteiger partial charge >= 0.3 is 0 Å². The molecule has 1 saturated heterocycles. The van der Waals surface area contributed by atoms with Crippen LogP contribution in [0.2, 0.25) is 0 Å². The lowest BCUT2D eigenvalue weighted by atomic mass is 10.1. The monoisotopic (exact) mass is 494 g/mol. The molecule has 1 fully saturated rings. The molecule has 3 heterocycles. The summed E-state index contributed by atoms with van der Waals surface area (Å²) in [7, 11) is 0. The molecule has 1 aliphatic rings. The number of anilines is 1. The van der Waals surface area contributed by atoms with Gasteiger partial charge in [0.05, 0.1) is 29.7 Å². The van der Waals surface area contributed by atoms with E-state index >= 15 is 0 Å². The molecule has 2 N–H and O–H groups in total. The number of carbonyl (C=O) groups excluding carboxylic acids is 1. The Hall–Kier alpha value is -3.01. The van der Waals surface area contributed by atoms with Gasteiger partial charge in [-0.3, -0.25) is 18.9 Å². The number of aromatic nitrogens is 2. The van der Waals surface area contributed by atoms with Crippen molar-refractivity contribution >= 4 is 51.7 Å². The third-order valence-corrected chi connectivity index (χ3v) is 7.13. The highest BCUT2D eigenvalue weighted by Gasteiger charge is 2.32. The van der Waals surface area contributed by atoms with Crippen LogP contribution in [0.3, 0.4) is 0 Å². The molecular weight excluding hydrogens is 468 g/mol. The van der Waals surface area contributed by atoms with Crippen molar-refractivity contribution in [2.45, 2.75) is 39.8 Å². The summed E-state index contributed by atoms with van der Waals surface area (Å²) in [5, 5.41) is 12.9. The molecule has 0 saturated carbocycles. The zero-order valence-electron chi connectivity index (χ0n) is 19.2. The highest BCUT2D eigenvalue weighted by molar-refractivity contribution is 8.26. The molecular formula is C25H26N4O3S2. The average Bonchev–Trinajstić information content (AvgIpc) is 3.09. The van der Waals surface area contributed by atoms with Gasteiger partial charge in [0, 0.05) is 6.20 Å². The second-order valence-electron chi connectivity index (χ2n) is 8.25. The lowest BCUT2D eigenvalue weighted by molar-refractivity contribution is -0.122. The second kappa shape index (κ2) is 10.1. The van der Waals surface area contributed by atoms with Gasteiger partial charge in [-0.15, -0.1) is 0 Å². The molecule has 176 valence electrons. The van der Waals surface area contributed by atoms with Gasteiger partial charge in [-0.05, 0) is 43.5 Å². The molecule has 3 aromatic rings. The first-order valence-corrected chi connectivity index (χ1v) is 12.2.